The maximum atomic E-state index is 12.0. The van der Waals surface area contributed by atoms with Gasteiger partial charge in [-0.05, 0) is 32.1 Å². The molecular weight excluding hydrogens is 264 g/mol. The Bertz CT molecular complexity index is 467. The first-order valence-electron chi connectivity index (χ1n) is 7.09. The van der Waals surface area contributed by atoms with Gasteiger partial charge in [0.25, 0.3) is 0 Å². The second kappa shape index (κ2) is 3.58. The fraction of sp³-hybridized carbons (Fsp3) is 0.846. The first-order valence-corrected chi connectivity index (χ1v) is 7.09. The normalized spacial score (nSPS) is 48.8. The molecule has 0 aromatic carbocycles. The van der Waals surface area contributed by atoms with Gasteiger partial charge in [-0.1, -0.05) is 0 Å². The van der Waals surface area contributed by atoms with Crippen molar-refractivity contribution in [2.75, 3.05) is 6.54 Å². The summed E-state index contributed by atoms with van der Waals surface area (Å²) in [5, 5.41) is 20.7. The zero-order chi connectivity index (χ0) is 14.1. The topological polar surface area (TPSA) is 99.1 Å². The van der Waals surface area contributed by atoms with Crippen molar-refractivity contribution in [2.24, 2.45) is 5.92 Å². The highest BCUT2D eigenvalue weighted by atomic mass is 16.6. The van der Waals surface area contributed by atoms with Gasteiger partial charge in [0, 0.05) is 5.92 Å². The van der Waals surface area contributed by atoms with Gasteiger partial charge in [-0.15, -0.1) is 0 Å². The minimum Gasteiger partial charge on any atom is -0.465 e. The van der Waals surface area contributed by atoms with Gasteiger partial charge in [0.05, 0.1) is 23.7 Å². The van der Waals surface area contributed by atoms with E-state index >= 15 is 0 Å². The standard InChI is InChI=1S/C13H18N2O5/c16-8-1-7(2-8)9-3-15(11(19)20-9)13-4-12(5-13,6-13)14-10(17)18/h7-9,14,16H,1-6H2,(H,17,18)/t7-,8+,9?,12?,13?. The molecular formula is C13H18N2O5. The van der Waals surface area contributed by atoms with Gasteiger partial charge in [0.2, 0.25) is 0 Å². The zero-order valence-electron chi connectivity index (χ0n) is 11.0. The van der Waals surface area contributed by atoms with Crippen molar-refractivity contribution in [1.82, 2.24) is 10.2 Å². The van der Waals surface area contributed by atoms with Crippen molar-refractivity contribution >= 4 is 12.2 Å². The van der Waals surface area contributed by atoms with Crippen LogP contribution in [-0.4, -0.2) is 57.1 Å². The molecule has 7 heteroatoms. The van der Waals surface area contributed by atoms with Crippen LogP contribution in [0.25, 0.3) is 0 Å². The van der Waals surface area contributed by atoms with E-state index in [9.17, 15) is 14.7 Å². The Hall–Kier alpha value is -1.50. The molecule has 4 saturated carbocycles. The monoisotopic (exact) mass is 282 g/mol. The summed E-state index contributed by atoms with van der Waals surface area (Å²) in [5.41, 5.74) is -0.493. The molecule has 0 radical (unpaired) electrons. The molecule has 5 fully saturated rings. The van der Waals surface area contributed by atoms with Crippen molar-refractivity contribution in [3.05, 3.63) is 0 Å². The second-order valence-electron chi connectivity index (χ2n) is 6.88. The number of nitrogens with one attached hydrogen (secondary N) is 1. The van der Waals surface area contributed by atoms with E-state index in [0.717, 1.165) is 0 Å². The zero-order valence-corrected chi connectivity index (χ0v) is 11.0. The highest BCUT2D eigenvalue weighted by Crippen LogP contribution is 2.64. The van der Waals surface area contributed by atoms with Gasteiger partial charge < -0.3 is 20.3 Å². The lowest BCUT2D eigenvalue weighted by Gasteiger charge is -2.72. The van der Waals surface area contributed by atoms with Gasteiger partial charge >= 0.3 is 12.2 Å². The highest BCUT2D eigenvalue weighted by Gasteiger charge is 2.73. The van der Waals surface area contributed by atoms with Crippen molar-refractivity contribution in [2.45, 2.75) is 55.4 Å². The molecule has 1 aliphatic heterocycles. The fourth-order valence-corrected chi connectivity index (χ4v) is 4.43. The molecule has 1 atom stereocenters. The Kier molecular flexibility index (Phi) is 2.19. The Morgan fingerprint density at radius 3 is 2.55 bits per heavy atom. The first kappa shape index (κ1) is 12.3. The number of hydrogen-bond donors (Lipinski definition) is 3. The molecule has 110 valence electrons. The Morgan fingerprint density at radius 2 is 2.00 bits per heavy atom. The third-order valence-corrected chi connectivity index (χ3v) is 5.46. The van der Waals surface area contributed by atoms with Crippen LogP contribution in [0, 0.1) is 5.92 Å². The van der Waals surface area contributed by atoms with Crippen LogP contribution in [0.1, 0.15) is 32.1 Å². The lowest BCUT2D eigenvalue weighted by molar-refractivity contribution is -0.152. The van der Waals surface area contributed by atoms with Crippen molar-refractivity contribution < 1.29 is 24.5 Å². The molecule has 20 heavy (non-hydrogen) atoms. The van der Waals surface area contributed by atoms with E-state index in [1.165, 1.54) is 0 Å². The Morgan fingerprint density at radius 1 is 1.35 bits per heavy atom. The Labute approximate surface area is 115 Å². The average Bonchev–Trinajstić information content (AvgIpc) is 2.58. The van der Waals surface area contributed by atoms with Crippen LogP contribution in [0.15, 0.2) is 0 Å². The molecule has 0 spiro atoms. The number of carbonyl (C=O) groups is 2. The number of hydrogen-bond acceptors (Lipinski definition) is 4. The van der Waals surface area contributed by atoms with E-state index in [2.05, 4.69) is 5.32 Å². The quantitative estimate of drug-likeness (QED) is 0.701. The summed E-state index contributed by atoms with van der Waals surface area (Å²) < 4.78 is 5.43. The summed E-state index contributed by atoms with van der Waals surface area (Å²) in [6, 6.07) is 0. The smallest absolute Gasteiger partial charge is 0.410 e. The van der Waals surface area contributed by atoms with Crippen LogP contribution < -0.4 is 5.32 Å². The summed E-state index contributed by atoms with van der Waals surface area (Å²) in [6.45, 7) is 0.583. The van der Waals surface area contributed by atoms with Crippen LogP contribution in [-0.2, 0) is 4.74 Å². The molecule has 1 saturated heterocycles. The van der Waals surface area contributed by atoms with E-state index in [1.54, 1.807) is 4.90 Å². The number of ether oxygens (including phenoxy) is 1. The number of rotatable bonds is 3. The number of amides is 2. The van der Waals surface area contributed by atoms with Crippen LogP contribution in [0.5, 0.6) is 0 Å². The van der Waals surface area contributed by atoms with Gasteiger partial charge in [0.15, 0.2) is 0 Å². The summed E-state index contributed by atoms with van der Waals surface area (Å²) in [5.74, 6) is 0.275. The SMILES string of the molecule is O=C(O)NC12CC(N3CC([C@H]4C[C@@H](O)C4)OC3=O)(C1)C2. The predicted octanol–water partition coefficient (Wildman–Crippen LogP) is 0.521. The lowest BCUT2D eigenvalue weighted by atomic mass is 9.43. The lowest BCUT2D eigenvalue weighted by Crippen LogP contribution is -2.83. The van der Waals surface area contributed by atoms with E-state index in [1.807, 2.05) is 0 Å². The molecule has 0 aromatic rings. The third-order valence-electron chi connectivity index (χ3n) is 5.46. The number of aliphatic hydroxyl groups excluding tert-OH is 1. The molecule has 2 amide bonds. The number of carbonyl (C=O) groups excluding carboxylic acids is 1. The molecule has 5 rings (SSSR count). The molecule has 7 nitrogen and oxygen atoms in total. The summed E-state index contributed by atoms with van der Waals surface area (Å²) in [7, 11) is 0. The van der Waals surface area contributed by atoms with Crippen molar-refractivity contribution in [1.29, 1.82) is 0 Å². The number of nitrogens with zero attached hydrogens (tertiary/aromatic N) is 1. The summed E-state index contributed by atoms with van der Waals surface area (Å²) in [6.07, 6.45) is 1.88. The largest absolute Gasteiger partial charge is 0.465 e. The van der Waals surface area contributed by atoms with Gasteiger partial charge in [-0.25, -0.2) is 9.59 Å². The number of carboxylic acid groups (broad SMARTS) is 1. The van der Waals surface area contributed by atoms with Gasteiger partial charge in [0.1, 0.15) is 6.10 Å². The van der Waals surface area contributed by atoms with Crippen molar-refractivity contribution in [3.8, 4) is 0 Å². The van der Waals surface area contributed by atoms with Gasteiger partial charge in [-0.3, -0.25) is 4.90 Å². The van der Waals surface area contributed by atoms with E-state index < -0.39 is 6.09 Å². The third kappa shape index (κ3) is 1.49. The highest BCUT2D eigenvalue weighted by molar-refractivity contribution is 5.73. The van der Waals surface area contributed by atoms with Crippen LogP contribution in [0.4, 0.5) is 9.59 Å². The average molecular weight is 282 g/mol. The van der Waals surface area contributed by atoms with Crippen LogP contribution in [0.2, 0.25) is 0 Å². The molecule has 5 aliphatic rings. The molecule has 1 heterocycles. The van der Waals surface area contributed by atoms with Crippen LogP contribution in [0.3, 0.4) is 0 Å². The second-order valence-corrected chi connectivity index (χ2v) is 6.88. The number of cyclic esters (lactones) is 1. The summed E-state index contributed by atoms with van der Waals surface area (Å²) >= 11 is 0. The Balaban J connectivity index is 1.37. The number of aliphatic hydroxyl groups is 1. The van der Waals surface area contributed by atoms with Crippen LogP contribution >= 0.6 is 0 Å². The molecule has 1 unspecified atom stereocenters. The molecule has 0 aromatic heterocycles. The fourth-order valence-electron chi connectivity index (χ4n) is 4.43. The molecule has 3 N–H and O–H groups in total. The van der Waals surface area contributed by atoms with Crippen molar-refractivity contribution in [3.63, 3.8) is 0 Å². The van der Waals surface area contributed by atoms with E-state index in [-0.39, 0.29) is 35.3 Å². The minimum atomic E-state index is -0.997. The van der Waals surface area contributed by atoms with Gasteiger partial charge in [-0.2, -0.15) is 0 Å². The molecule has 2 bridgehead atoms. The predicted molar refractivity (Wildman–Crippen MR) is 66.2 cm³/mol. The molecule has 4 aliphatic carbocycles. The maximum Gasteiger partial charge on any atom is 0.410 e. The van der Waals surface area contributed by atoms with E-state index in [0.29, 0.717) is 38.6 Å². The summed E-state index contributed by atoms with van der Waals surface area (Å²) in [4.78, 5) is 24.5. The first-order chi connectivity index (χ1) is 9.41. The minimum absolute atomic E-state index is 0.108. The van der Waals surface area contributed by atoms with E-state index in [4.69, 9.17) is 9.84 Å². The maximum absolute atomic E-state index is 12.0.